The Morgan fingerprint density at radius 3 is 2.71 bits per heavy atom. The van der Waals surface area contributed by atoms with E-state index < -0.39 is 0 Å². The van der Waals surface area contributed by atoms with Crippen molar-refractivity contribution in [2.75, 3.05) is 0 Å². The quantitative estimate of drug-likeness (QED) is 0.831. The first kappa shape index (κ1) is 11.3. The molecule has 17 heavy (non-hydrogen) atoms. The van der Waals surface area contributed by atoms with Crippen LogP contribution in [0, 0.1) is 12.8 Å². The van der Waals surface area contributed by atoms with Gasteiger partial charge in [-0.3, -0.25) is 0 Å². The van der Waals surface area contributed by atoms with Gasteiger partial charge < -0.3 is 10.3 Å². The van der Waals surface area contributed by atoms with Gasteiger partial charge in [-0.25, -0.2) is 0 Å². The first-order chi connectivity index (χ1) is 8.18. The van der Waals surface area contributed by atoms with Gasteiger partial charge in [0, 0.05) is 23.5 Å². The fourth-order valence-corrected chi connectivity index (χ4v) is 3.66. The van der Waals surface area contributed by atoms with Crippen LogP contribution >= 0.6 is 0 Å². The average molecular weight is 232 g/mol. The molecule has 1 fully saturated rings. The number of aromatic nitrogens is 1. The predicted molar refractivity (Wildman–Crippen MR) is 71.1 cm³/mol. The second kappa shape index (κ2) is 4.16. The van der Waals surface area contributed by atoms with Crippen molar-refractivity contribution in [3.05, 3.63) is 23.0 Å². The summed E-state index contributed by atoms with van der Waals surface area (Å²) in [4.78, 5) is 0. The minimum atomic E-state index is 0.285. The van der Waals surface area contributed by atoms with Crippen LogP contribution in [-0.4, -0.2) is 4.57 Å². The highest BCUT2D eigenvalue weighted by molar-refractivity contribution is 5.33. The number of fused-ring (bicyclic) bond motifs is 1. The third kappa shape index (κ3) is 1.74. The molecule has 0 spiro atoms. The van der Waals surface area contributed by atoms with E-state index in [1.807, 2.05) is 0 Å². The van der Waals surface area contributed by atoms with Crippen LogP contribution in [0.25, 0.3) is 0 Å². The number of aryl methyl sites for hydroxylation is 1. The number of hydrogen-bond acceptors (Lipinski definition) is 1. The highest BCUT2D eigenvalue weighted by atomic mass is 15.0. The molecule has 1 heterocycles. The number of nitrogens with zero attached hydrogens (tertiary/aromatic N) is 1. The Labute approximate surface area is 104 Å². The zero-order chi connectivity index (χ0) is 12.0. The summed E-state index contributed by atoms with van der Waals surface area (Å²) in [5, 5.41) is 0. The molecule has 2 unspecified atom stereocenters. The summed E-state index contributed by atoms with van der Waals surface area (Å²) in [6.45, 7) is 4.65. The molecular weight excluding hydrogens is 208 g/mol. The van der Waals surface area contributed by atoms with E-state index in [2.05, 4.69) is 24.5 Å². The molecule has 2 nitrogen and oxygen atoms in total. The van der Waals surface area contributed by atoms with Gasteiger partial charge in [-0.15, -0.1) is 0 Å². The molecule has 0 bridgehead atoms. The van der Waals surface area contributed by atoms with Gasteiger partial charge in [0.25, 0.3) is 0 Å². The number of hydrogen-bond donors (Lipinski definition) is 1. The van der Waals surface area contributed by atoms with Crippen molar-refractivity contribution < 1.29 is 0 Å². The van der Waals surface area contributed by atoms with Crippen molar-refractivity contribution in [3.8, 4) is 0 Å². The van der Waals surface area contributed by atoms with E-state index in [0.29, 0.717) is 6.04 Å². The lowest BCUT2D eigenvalue weighted by Gasteiger charge is -2.35. The highest BCUT2D eigenvalue weighted by Crippen LogP contribution is 2.40. The molecule has 3 rings (SSSR count). The molecule has 0 aromatic carbocycles. The Hall–Kier alpha value is -0.760. The minimum Gasteiger partial charge on any atom is -0.346 e. The SMILES string of the molecule is Cc1cc2c(n1C(C)C1CCC1)CCCC2N. The van der Waals surface area contributed by atoms with Gasteiger partial charge in [0.1, 0.15) is 0 Å². The van der Waals surface area contributed by atoms with Gasteiger partial charge >= 0.3 is 0 Å². The van der Waals surface area contributed by atoms with Gasteiger partial charge in [0.2, 0.25) is 0 Å². The third-order valence-electron chi connectivity index (χ3n) is 4.94. The third-order valence-corrected chi connectivity index (χ3v) is 4.94. The second-order valence-electron chi connectivity index (χ2n) is 5.99. The van der Waals surface area contributed by atoms with E-state index in [1.165, 1.54) is 43.4 Å². The van der Waals surface area contributed by atoms with Gasteiger partial charge in [-0.05, 0) is 63.5 Å². The lowest BCUT2D eigenvalue weighted by atomic mass is 9.80. The molecule has 0 aliphatic heterocycles. The molecule has 1 aromatic heterocycles. The van der Waals surface area contributed by atoms with Gasteiger partial charge in [-0.2, -0.15) is 0 Å². The van der Waals surface area contributed by atoms with Crippen LogP contribution in [0.3, 0.4) is 0 Å². The Kier molecular flexibility index (Phi) is 2.78. The highest BCUT2D eigenvalue weighted by Gasteiger charge is 2.30. The van der Waals surface area contributed by atoms with E-state index in [4.69, 9.17) is 5.73 Å². The molecular formula is C15H24N2. The molecule has 2 N–H and O–H groups in total. The maximum Gasteiger partial charge on any atom is 0.0335 e. The summed E-state index contributed by atoms with van der Waals surface area (Å²) >= 11 is 0. The van der Waals surface area contributed by atoms with Crippen LogP contribution in [-0.2, 0) is 6.42 Å². The molecule has 1 aromatic rings. The molecule has 1 saturated carbocycles. The van der Waals surface area contributed by atoms with Crippen molar-refractivity contribution in [2.45, 2.75) is 64.5 Å². The Morgan fingerprint density at radius 2 is 2.06 bits per heavy atom. The molecule has 2 aliphatic carbocycles. The van der Waals surface area contributed by atoms with Crippen LogP contribution in [0.5, 0.6) is 0 Å². The van der Waals surface area contributed by atoms with Crippen molar-refractivity contribution >= 4 is 0 Å². The maximum absolute atomic E-state index is 6.24. The molecule has 0 radical (unpaired) electrons. The monoisotopic (exact) mass is 232 g/mol. The Morgan fingerprint density at radius 1 is 1.29 bits per heavy atom. The molecule has 0 amide bonds. The number of rotatable bonds is 2. The predicted octanol–water partition coefficient (Wildman–Crippen LogP) is 3.49. The Bertz CT molecular complexity index is 415. The Balaban J connectivity index is 1.98. The van der Waals surface area contributed by atoms with Crippen LogP contribution < -0.4 is 5.73 Å². The van der Waals surface area contributed by atoms with E-state index in [-0.39, 0.29) is 6.04 Å². The zero-order valence-electron chi connectivity index (χ0n) is 11.1. The lowest BCUT2D eigenvalue weighted by Crippen LogP contribution is -2.26. The molecule has 2 atom stereocenters. The van der Waals surface area contributed by atoms with Crippen LogP contribution in [0.1, 0.15) is 68.1 Å². The zero-order valence-corrected chi connectivity index (χ0v) is 11.1. The molecule has 2 heteroatoms. The maximum atomic E-state index is 6.24. The summed E-state index contributed by atoms with van der Waals surface area (Å²) in [7, 11) is 0. The van der Waals surface area contributed by atoms with E-state index in [0.717, 1.165) is 12.3 Å². The fraction of sp³-hybridized carbons (Fsp3) is 0.733. The van der Waals surface area contributed by atoms with Gasteiger partial charge in [-0.1, -0.05) is 6.42 Å². The van der Waals surface area contributed by atoms with Crippen molar-refractivity contribution in [2.24, 2.45) is 11.7 Å². The largest absolute Gasteiger partial charge is 0.346 e. The first-order valence-corrected chi connectivity index (χ1v) is 7.14. The van der Waals surface area contributed by atoms with Crippen LogP contribution in [0.2, 0.25) is 0 Å². The summed E-state index contributed by atoms with van der Waals surface area (Å²) in [5.41, 5.74) is 10.6. The second-order valence-corrected chi connectivity index (χ2v) is 5.99. The first-order valence-electron chi connectivity index (χ1n) is 7.14. The lowest BCUT2D eigenvalue weighted by molar-refractivity contribution is 0.217. The summed E-state index contributed by atoms with van der Waals surface area (Å²) in [5.74, 6) is 0.906. The summed E-state index contributed by atoms with van der Waals surface area (Å²) in [6, 6.07) is 3.30. The smallest absolute Gasteiger partial charge is 0.0335 e. The topological polar surface area (TPSA) is 30.9 Å². The van der Waals surface area contributed by atoms with Crippen LogP contribution in [0.4, 0.5) is 0 Å². The van der Waals surface area contributed by atoms with Crippen LogP contribution in [0.15, 0.2) is 6.07 Å². The average Bonchev–Trinajstić information content (AvgIpc) is 2.53. The molecule has 2 aliphatic rings. The summed E-state index contributed by atoms with van der Waals surface area (Å²) in [6.07, 6.45) is 7.91. The summed E-state index contributed by atoms with van der Waals surface area (Å²) < 4.78 is 2.60. The van der Waals surface area contributed by atoms with Crippen molar-refractivity contribution in [3.63, 3.8) is 0 Å². The fourth-order valence-electron chi connectivity index (χ4n) is 3.66. The minimum absolute atomic E-state index is 0.285. The van der Waals surface area contributed by atoms with Crippen molar-refractivity contribution in [1.29, 1.82) is 0 Å². The van der Waals surface area contributed by atoms with Gasteiger partial charge in [0.05, 0.1) is 0 Å². The van der Waals surface area contributed by atoms with Gasteiger partial charge in [0.15, 0.2) is 0 Å². The standard InChI is InChI=1S/C15H24N2/c1-10-9-13-14(16)7-4-8-15(13)17(10)11(2)12-5-3-6-12/h9,11-12,14H,3-8,16H2,1-2H3. The molecule has 94 valence electrons. The van der Waals surface area contributed by atoms with E-state index in [1.54, 1.807) is 5.69 Å². The molecule has 0 saturated heterocycles. The van der Waals surface area contributed by atoms with E-state index >= 15 is 0 Å². The number of nitrogens with two attached hydrogens (primary N) is 1. The van der Waals surface area contributed by atoms with Crippen molar-refractivity contribution in [1.82, 2.24) is 4.57 Å². The normalized spacial score (nSPS) is 26.4. The van der Waals surface area contributed by atoms with E-state index in [9.17, 15) is 0 Å².